The van der Waals surface area contributed by atoms with Gasteiger partial charge in [0.05, 0.1) is 12.3 Å². The molecule has 1 amide bonds. The Bertz CT molecular complexity index is 702. The van der Waals surface area contributed by atoms with Crippen LogP contribution >= 0.6 is 11.6 Å². The first-order valence-corrected chi connectivity index (χ1v) is 7.85. The number of halogens is 3. The van der Waals surface area contributed by atoms with Gasteiger partial charge in [-0.25, -0.2) is 14.2 Å². The highest BCUT2D eigenvalue weighted by atomic mass is 35.5. The summed E-state index contributed by atoms with van der Waals surface area (Å²) >= 11 is 5.97. The molecule has 1 atom stereocenters. The molecule has 0 bridgehead atoms. The van der Waals surface area contributed by atoms with Crippen LogP contribution in [-0.4, -0.2) is 18.2 Å². The number of carbonyl (C=O) groups is 1. The third-order valence-corrected chi connectivity index (χ3v) is 4.66. The largest absolute Gasteiger partial charge is 0.488 e. The lowest BCUT2D eigenvalue weighted by molar-refractivity contribution is -0.121. The summed E-state index contributed by atoms with van der Waals surface area (Å²) in [5.74, 6) is -2.38. The third-order valence-electron chi connectivity index (χ3n) is 4.32. The van der Waals surface area contributed by atoms with E-state index < -0.39 is 16.7 Å². The van der Waals surface area contributed by atoms with Crippen LogP contribution in [0.25, 0.3) is 0 Å². The van der Waals surface area contributed by atoms with E-state index >= 15 is 0 Å². The van der Waals surface area contributed by atoms with Crippen LogP contribution < -0.4 is 10.2 Å². The minimum atomic E-state index is -0.786. The topological polar surface area (TPSA) is 50.7 Å². The summed E-state index contributed by atoms with van der Waals surface area (Å²) in [5.41, 5.74) is 2.52. The lowest BCUT2D eigenvalue weighted by atomic mass is 9.93. The summed E-state index contributed by atoms with van der Waals surface area (Å²) in [4.78, 5) is 11.3. The highest BCUT2D eigenvalue weighted by Crippen LogP contribution is 2.46. The van der Waals surface area contributed by atoms with E-state index in [9.17, 15) is 13.6 Å². The zero-order valence-corrected chi connectivity index (χ0v) is 13.6. The van der Waals surface area contributed by atoms with Crippen LogP contribution in [-0.2, 0) is 4.79 Å². The Balaban J connectivity index is 1.92. The molecule has 1 N–H and O–H groups in total. The fourth-order valence-electron chi connectivity index (χ4n) is 2.48. The molecule has 1 aromatic carbocycles. The molecule has 1 aliphatic heterocycles. The Labute approximate surface area is 137 Å². The van der Waals surface area contributed by atoms with E-state index in [1.165, 1.54) is 0 Å². The second-order valence-corrected chi connectivity index (χ2v) is 6.98. The molecule has 1 heterocycles. The summed E-state index contributed by atoms with van der Waals surface area (Å²) in [6.07, 6.45) is 2.16. The van der Waals surface area contributed by atoms with Crippen molar-refractivity contribution in [3.8, 4) is 5.75 Å². The molecule has 0 radical (unpaired) electrons. The minimum absolute atomic E-state index is 0.0250. The Morgan fingerprint density at radius 1 is 1.48 bits per heavy atom. The molecule has 1 saturated carbocycles. The molecule has 7 heteroatoms. The lowest BCUT2D eigenvalue weighted by Gasteiger charge is -2.21. The highest BCUT2D eigenvalue weighted by Gasteiger charge is 2.39. The molecule has 0 aromatic heterocycles. The Morgan fingerprint density at radius 2 is 2.17 bits per heavy atom. The number of nitrogens with zero attached hydrogens (tertiary/aromatic N) is 1. The number of benzene rings is 1. The summed E-state index contributed by atoms with van der Waals surface area (Å²) in [7, 11) is 0. The Hall–Kier alpha value is -1.69. The number of hydrogen-bond acceptors (Lipinski definition) is 3. The van der Waals surface area contributed by atoms with Gasteiger partial charge >= 0.3 is 0 Å². The monoisotopic (exact) mass is 342 g/mol. The van der Waals surface area contributed by atoms with Crippen LogP contribution in [0.15, 0.2) is 11.2 Å². The zero-order valence-electron chi connectivity index (χ0n) is 12.9. The van der Waals surface area contributed by atoms with Gasteiger partial charge in [-0.05, 0) is 18.9 Å². The van der Waals surface area contributed by atoms with Crippen LogP contribution in [0.5, 0.6) is 5.75 Å². The SMILES string of the molecule is CC1CC(=O)NN=C1c1cc(F)c(OCC2(C)CC2)c(Cl)c1F. The van der Waals surface area contributed by atoms with Gasteiger partial charge in [0.1, 0.15) is 5.02 Å². The Kier molecular flexibility index (Phi) is 4.04. The van der Waals surface area contributed by atoms with Crippen molar-refractivity contribution in [2.45, 2.75) is 33.1 Å². The zero-order chi connectivity index (χ0) is 16.8. The van der Waals surface area contributed by atoms with Crippen LogP contribution in [0.1, 0.15) is 38.7 Å². The number of nitrogens with one attached hydrogen (secondary N) is 1. The van der Waals surface area contributed by atoms with E-state index in [2.05, 4.69) is 10.5 Å². The van der Waals surface area contributed by atoms with E-state index in [0.29, 0.717) is 6.61 Å². The third kappa shape index (κ3) is 3.17. The second kappa shape index (κ2) is 5.74. The summed E-state index contributed by atoms with van der Waals surface area (Å²) < 4.78 is 34.3. The van der Waals surface area contributed by atoms with Gasteiger partial charge in [0.15, 0.2) is 17.4 Å². The van der Waals surface area contributed by atoms with Crippen molar-refractivity contribution < 1.29 is 18.3 Å². The van der Waals surface area contributed by atoms with Crippen molar-refractivity contribution >= 4 is 23.2 Å². The number of rotatable bonds is 4. The van der Waals surface area contributed by atoms with Gasteiger partial charge in [-0.3, -0.25) is 4.79 Å². The molecule has 23 heavy (non-hydrogen) atoms. The first-order chi connectivity index (χ1) is 10.8. The van der Waals surface area contributed by atoms with Gasteiger partial charge in [-0.15, -0.1) is 0 Å². The predicted octanol–water partition coefficient (Wildman–Crippen LogP) is 3.66. The van der Waals surface area contributed by atoms with Crippen molar-refractivity contribution in [1.29, 1.82) is 0 Å². The minimum Gasteiger partial charge on any atom is -0.488 e. The summed E-state index contributed by atoms with van der Waals surface area (Å²) in [6.45, 7) is 4.04. The van der Waals surface area contributed by atoms with Crippen LogP contribution in [0.4, 0.5) is 8.78 Å². The lowest BCUT2D eigenvalue weighted by Crippen LogP contribution is -2.32. The van der Waals surface area contributed by atoms with E-state index in [-0.39, 0.29) is 40.7 Å². The maximum Gasteiger partial charge on any atom is 0.240 e. The molecular formula is C16H17ClF2N2O2. The first kappa shape index (κ1) is 16.2. The van der Waals surface area contributed by atoms with Gasteiger partial charge in [-0.1, -0.05) is 25.4 Å². The molecular weight excluding hydrogens is 326 g/mol. The Morgan fingerprint density at radius 3 is 2.78 bits per heavy atom. The number of ether oxygens (including phenoxy) is 1. The van der Waals surface area contributed by atoms with Gasteiger partial charge in [0.25, 0.3) is 0 Å². The molecule has 2 aliphatic rings. The normalized spacial score (nSPS) is 22.4. The fourth-order valence-corrected chi connectivity index (χ4v) is 2.73. The van der Waals surface area contributed by atoms with E-state index in [4.69, 9.17) is 16.3 Å². The van der Waals surface area contributed by atoms with E-state index in [1.807, 2.05) is 6.92 Å². The molecule has 124 valence electrons. The van der Waals surface area contributed by atoms with Crippen molar-refractivity contribution in [2.75, 3.05) is 6.61 Å². The average Bonchev–Trinajstić information content (AvgIpc) is 3.21. The standard InChI is InChI=1S/C16H17ClF2N2O2/c1-8-5-11(22)20-21-14(8)9-6-10(18)15(12(17)13(9)19)23-7-16(2)3-4-16/h6,8H,3-5,7H2,1-2H3,(H,20,22). The van der Waals surface area contributed by atoms with Crippen molar-refractivity contribution in [2.24, 2.45) is 16.4 Å². The maximum absolute atomic E-state index is 14.6. The van der Waals surface area contributed by atoms with Crippen LogP contribution in [0.3, 0.4) is 0 Å². The first-order valence-electron chi connectivity index (χ1n) is 7.48. The van der Waals surface area contributed by atoms with Crippen LogP contribution in [0.2, 0.25) is 5.02 Å². The second-order valence-electron chi connectivity index (χ2n) is 6.60. The van der Waals surface area contributed by atoms with Gasteiger partial charge in [0, 0.05) is 23.3 Å². The summed E-state index contributed by atoms with van der Waals surface area (Å²) in [5, 5.41) is 3.45. The number of hydrogen-bond donors (Lipinski definition) is 1. The maximum atomic E-state index is 14.6. The molecule has 0 spiro atoms. The molecule has 1 fully saturated rings. The fraction of sp³-hybridized carbons (Fsp3) is 0.500. The molecule has 4 nitrogen and oxygen atoms in total. The van der Waals surface area contributed by atoms with Crippen LogP contribution in [0, 0.1) is 23.0 Å². The quantitative estimate of drug-likeness (QED) is 0.849. The molecule has 1 aromatic rings. The number of carbonyl (C=O) groups excluding carboxylic acids is 1. The highest BCUT2D eigenvalue weighted by molar-refractivity contribution is 6.32. The van der Waals surface area contributed by atoms with Gasteiger partial charge in [0.2, 0.25) is 5.91 Å². The van der Waals surface area contributed by atoms with Crippen molar-refractivity contribution in [1.82, 2.24) is 5.43 Å². The van der Waals surface area contributed by atoms with Crippen molar-refractivity contribution in [3.63, 3.8) is 0 Å². The predicted molar refractivity (Wildman–Crippen MR) is 82.7 cm³/mol. The smallest absolute Gasteiger partial charge is 0.240 e. The average molecular weight is 343 g/mol. The number of amides is 1. The summed E-state index contributed by atoms with van der Waals surface area (Å²) in [6, 6.07) is 1.03. The van der Waals surface area contributed by atoms with E-state index in [1.54, 1.807) is 6.92 Å². The number of hydrazone groups is 1. The van der Waals surface area contributed by atoms with Gasteiger partial charge < -0.3 is 4.74 Å². The van der Waals surface area contributed by atoms with E-state index in [0.717, 1.165) is 18.9 Å². The molecule has 0 saturated heterocycles. The molecule has 1 aliphatic carbocycles. The molecule has 3 rings (SSSR count). The van der Waals surface area contributed by atoms with Crippen molar-refractivity contribution in [3.05, 3.63) is 28.3 Å². The van der Waals surface area contributed by atoms with Gasteiger partial charge in [-0.2, -0.15) is 5.10 Å². The molecule has 1 unspecified atom stereocenters.